The molecule has 1 unspecified atom stereocenters. The van der Waals surface area contributed by atoms with E-state index in [9.17, 15) is 4.79 Å². The van der Waals surface area contributed by atoms with Gasteiger partial charge in [0.05, 0.1) is 0 Å². The predicted octanol–water partition coefficient (Wildman–Crippen LogP) is 4.78. The molecule has 0 amide bonds. The Hall–Kier alpha value is -0.640. The Morgan fingerprint density at radius 3 is 2.33 bits per heavy atom. The Morgan fingerprint density at radius 2 is 1.67 bits per heavy atom. The van der Waals surface area contributed by atoms with Gasteiger partial charge < -0.3 is 10.6 Å². The summed E-state index contributed by atoms with van der Waals surface area (Å²) in [5.74, 6) is 4.06. The summed E-state index contributed by atoms with van der Waals surface area (Å²) in [4.78, 5) is 14.4. The molecular weight excluding hydrogens is 352 g/mol. The lowest BCUT2D eigenvalue weighted by atomic mass is 9.44. The van der Waals surface area contributed by atoms with Crippen molar-refractivity contribution in [1.82, 2.24) is 4.90 Å². The van der Waals surface area contributed by atoms with Gasteiger partial charge in [0, 0.05) is 19.0 Å². The number of ketones is 1. The molecule has 0 bridgehead atoms. The molecular formula is C23H38N2OS. The van der Waals surface area contributed by atoms with Gasteiger partial charge in [-0.2, -0.15) is 0 Å². The van der Waals surface area contributed by atoms with Crippen molar-refractivity contribution < 1.29 is 4.79 Å². The third-order valence-electron chi connectivity index (χ3n) is 10.0. The average molecular weight is 391 g/mol. The Bertz CT molecular complexity index is 636. The topological polar surface area (TPSA) is 46.3 Å². The van der Waals surface area contributed by atoms with Crippen LogP contribution >= 0.6 is 12.2 Å². The summed E-state index contributed by atoms with van der Waals surface area (Å²) in [5.41, 5.74) is 6.67. The fourth-order valence-corrected chi connectivity index (χ4v) is 8.58. The first-order valence-electron chi connectivity index (χ1n) is 11.2. The SMILES string of the molecule is CC(=O)[C@H]1CC[C@H]2[C@@H]3CCC4C[C@@H](N(C)C(N)=S)CC[C@]4(C)[C@H]3CC[C@]12C. The zero-order valence-electron chi connectivity index (χ0n) is 17.7. The van der Waals surface area contributed by atoms with Crippen molar-refractivity contribution in [3.05, 3.63) is 0 Å². The molecule has 8 atom stereocenters. The highest BCUT2D eigenvalue weighted by Crippen LogP contribution is 2.67. The molecule has 3 nitrogen and oxygen atoms in total. The summed E-state index contributed by atoms with van der Waals surface area (Å²) in [5, 5.41) is 0.548. The minimum atomic E-state index is 0.277. The summed E-state index contributed by atoms with van der Waals surface area (Å²) in [6, 6.07) is 0.527. The largest absolute Gasteiger partial charge is 0.376 e. The predicted molar refractivity (Wildman–Crippen MR) is 114 cm³/mol. The average Bonchev–Trinajstić information content (AvgIpc) is 2.97. The van der Waals surface area contributed by atoms with Gasteiger partial charge in [-0.15, -0.1) is 0 Å². The van der Waals surface area contributed by atoms with Crippen LogP contribution in [0.15, 0.2) is 0 Å². The lowest BCUT2D eigenvalue weighted by Crippen LogP contribution is -2.56. The van der Waals surface area contributed by atoms with E-state index in [4.69, 9.17) is 18.0 Å². The maximum atomic E-state index is 12.3. The number of thiocarbonyl (C=S) groups is 1. The van der Waals surface area contributed by atoms with Gasteiger partial charge in [-0.3, -0.25) is 4.79 Å². The van der Waals surface area contributed by atoms with E-state index in [1.54, 1.807) is 0 Å². The summed E-state index contributed by atoms with van der Waals surface area (Å²) in [6.45, 7) is 6.89. The monoisotopic (exact) mass is 390 g/mol. The van der Waals surface area contributed by atoms with Crippen molar-refractivity contribution in [2.75, 3.05) is 7.05 Å². The molecule has 27 heavy (non-hydrogen) atoms. The van der Waals surface area contributed by atoms with Crippen molar-refractivity contribution in [3.8, 4) is 0 Å². The second-order valence-electron chi connectivity index (χ2n) is 10.8. The van der Waals surface area contributed by atoms with E-state index >= 15 is 0 Å². The van der Waals surface area contributed by atoms with Gasteiger partial charge >= 0.3 is 0 Å². The molecule has 0 aromatic heterocycles. The fraction of sp³-hybridized carbons (Fsp3) is 0.913. The van der Waals surface area contributed by atoms with Crippen LogP contribution in [0.5, 0.6) is 0 Å². The molecule has 4 aliphatic rings. The molecule has 4 aliphatic carbocycles. The first-order chi connectivity index (χ1) is 12.7. The Morgan fingerprint density at radius 1 is 1.00 bits per heavy atom. The maximum absolute atomic E-state index is 12.3. The summed E-state index contributed by atoms with van der Waals surface area (Å²) < 4.78 is 0. The van der Waals surface area contributed by atoms with Crippen LogP contribution in [0.3, 0.4) is 0 Å². The van der Waals surface area contributed by atoms with Crippen molar-refractivity contribution in [1.29, 1.82) is 0 Å². The maximum Gasteiger partial charge on any atom is 0.166 e. The third kappa shape index (κ3) is 2.88. The van der Waals surface area contributed by atoms with Crippen LogP contribution in [0.1, 0.15) is 78.6 Å². The highest BCUT2D eigenvalue weighted by atomic mass is 32.1. The van der Waals surface area contributed by atoms with Gasteiger partial charge in [0.1, 0.15) is 5.78 Å². The van der Waals surface area contributed by atoms with Crippen LogP contribution < -0.4 is 5.73 Å². The zero-order chi connectivity index (χ0) is 19.6. The van der Waals surface area contributed by atoms with E-state index in [1.807, 2.05) is 6.92 Å². The molecule has 0 saturated heterocycles. The molecule has 0 heterocycles. The van der Waals surface area contributed by atoms with E-state index in [2.05, 4.69) is 25.8 Å². The number of nitrogens with two attached hydrogens (primary N) is 1. The number of Topliss-reactive ketones (excluding diaryl/α,β-unsaturated/α-hetero) is 1. The van der Waals surface area contributed by atoms with Crippen LogP contribution in [0.2, 0.25) is 0 Å². The number of carbonyl (C=O) groups is 1. The smallest absolute Gasteiger partial charge is 0.166 e. The van der Waals surface area contributed by atoms with Crippen LogP contribution in [0.4, 0.5) is 0 Å². The van der Waals surface area contributed by atoms with E-state index in [-0.39, 0.29) is 5.41 Å². The number of carbonyl (C=O) groups excluding carboxylic acids is 1. The van der Waals surface area contributed by atoms with Gasteiger partial charge in [0.15, 0.2) is 5.11 Å². The van der Waals surface area contributed by atoms with Gasteiger partial charge in [0.2, 0.25) is 0 Å². The van der Waals surface area contributed by atoms with Crippen LogP contribution in [-0.2, 0) is 4.79 Å². The number of hydrogen-bond acceptors (Lipinski definition) is 2. The lowest BCUT2D eigenvalue weighted by Gasteiger charge is -2.61. The number of nitrogens with zero attached hydrogens (tertiary/aromatic N) is 1. The summed E-state index contributed by atoms with van der Waals surface area (Å²) in [7, 11) is 2.08. The minimum absolute atomic E-state index is 0.277. The van der Waals surface area contributed by atoms with Crippen molar-refractivity contribution in [3.63, 3.8) is 0 Å². The van der Waals surface area contributed by atoms with Crippen molar-refractivity contribution in [2.24, 2.45) is 46.2 Å². The van der Waals surface area contributed by atoms with Crippen molar-refractivity contribution in [2.45, 2.75) is 84.6 Å². The molecule has 0 aromatic rings. The van der Waals surface area contributed by atoms with Gasteiger partial charge in [-0.25, -0.2) is 0 Å². The Labute approximate surface area is 170 Å². The quantitative estimate of drug-likeness (QED) is 0.689. The van der Waals surface area contributed by atoms with Crippen LogP contribution in [0, 0.1) is 40.4 Å². The van der Waals surface area contributed by atoms with E-state index in [0.717, 1.165) is 30.1 Å². The normalized spacial score (nSPS) is 48.9. The standard InChI is InChI=1S/C23H38N2OS/c1-14(26)18-7-8-19-17-6-5-15-13-16(25(4)21(24)27)9-11-22(15,2)20(17)10-12-23(18,19)3/h15-20H,5-13H2,1-4H3,(H2,24,27)/t15?,16-,17-,18+,19-,20-,22-,23+/m0/s1. The number of fused-ring (bicyclic) bond motifs is 5. The van der Waals surface area contributed by atoms with Crippen molar-refractivity contribution >= 4 is 23.1 Å². The second-order valence-corrected chi connectivity index (χ2v) is 11.2. The Kier molecular flexibility index (Phi) is 4.89. The van der Waals surface area contributed by atoms with E-state index in [0.29, 0.717) is 28.3 Å². The molecule has 0 radical (unpaired) electrons. The highest BCUT2D eigenvalue weighted by Gasteiger charge is 2.60. The van der Waals surface area contributed by atoms with Gasteiger partial charge in [0.25, 0.3) is 0 Å². The third-order valence-corrected chi connectivity index (χ3v) is 10.3. The molecule has 4 rings (SSSR count). The van der Waals surface area contributed by atoms with E-state index < -0.39 is 0 Å². The highest BCUT2D eigenvalue weighted by molar-refractivity contribution is 7.80. The zero-order valence-corrected chi connectivity index (χ0v) is 18.5. The summed E-state index contributed by atoms with van der Waals surface area (Å²) in [6.07, 6.45) is 11.6. The molecule has 152 valence electrons. The molecule has 0 aromatic carbocycles. The van der Waals surface area contributed by atoms with Crippen LogP contribution in [-0.4, -0.2) is 28.9 Å². The number of hydrogen-bond donors (Lipinski definition) is 1. The molecule has 0 aliphatic heterocycles. The van der Waals surface area contributed by atoms with Gasteiger partial charge in [-0.1, -0.05) is 13.8 Å². The molecule has 4 fully saturated rings. The van der Waals surface area contributed by atoms with Gasteiger partial charge in [-0.05, 0) is 111 Å². The number of rotatable bonds is 2. The molecule has 2 N–H and O–H groups in total. The molecule has 0 spiro atoms. The minimum Gasteiger partial charge on any atom is -0.376 e. The van der Waals surface area contributed by atoms with Crippen LogP contribution in [0.25, 0.3) is 0 Å². The van der Waals surface area contributed by atoms with E-state index in [1.165, 1.54) is 51.4 Å². The first kappa shape index (κ1) is 19.7. The second kappa shape index (κ2) is 6.71. The first-order valence-corrected chi connectivity index (χ1v) is 11.6. The molecule has 4 heteroatoms. The Balaban J connectivity index is 1.54. The fourth-order valence-electron chi connectivity index (χ4n) is 8.43. The summed E-state index contributed by atoms with van der Waals surface area (Å²) >= 11 is 5.24. The molecule has 4 saturated carbocycles. The lowest BCUT2D eigenvalue weighted by molar-refractivity contribution is -0.135.